The van der Waals surface area contributed by atoms with Gasteiger partial charge in [0.2, 0.25) is 0 Å². The zero-order chi connectivity index (χ0) is 34.5. The van der Waals surface area contributed by atoms with E-state index in [2.05, 4.69) is 32.0 Å². The second kappa shape index (κ2) is 28.3. The lowest BCUT2D eigenvalue weighted by Gasteiger charge is -2.14. The van der Waals surface area contributed by atoms with Crippen molar-refractivity contribution in [2.24, 2.45) is 0 Å². The van der Waals surface area contributed by atoms with Crippen LogP contribution in [0.3, 0.4) is 0 Å². The molecular weight excluding hydrogens is 609 g/mol. The van der Waals surface area contributed by atoms with Crippen molar-refractivity contribution in [3.05, 3.63) is 41.5 Å². The molecular formula is C44H76O3S. The van der Waals surface area contributed by atoms with Gasteiger partial charge in [-0.25, -0.2) is 0 Å². The fraction of sp³-hybridized carbons (Fsp3) is 0.773. The molecule has 0 bridgehead atoms. The highest BCUT2D eigenvalue weighted by molar-refractivity contribution is 7.86. The number of rotatable bonds is 33. The monoisotopic (exact) mass is 685 g/mol. The van der Waals surface area contributed by atoms with Crippen LogP contribution in [0.2, 0.25) is 0 Å². The lowest BCUT2D eigenvalue weighted by molar-refractivity contribution is 0.484. The van der Waals surface area contributed by atoms with Gasteiger partial charge in [-0.05, 0) is 48.3 Å². The molecule has 0 radical (unpaired) electrons. The fourth-order valence-corrected chi connectivity index (χ4v) is 8.26. The van der Waals surface area contributed by atoms with Crippen LogP contribution in [0.1, 0.15) is 218 Å². The third-order valence-corrected chi connectivity index (χ3v) is 11.5. The van der Waals surface area contributed by atoms with E-state index < -0.39 is 10.1 Å². The third kappa shape index (κ3) is 19.7. The van der Waals surface area contributed by atoms with E-state index in [0.29, 0.717) is 0 Å². The van der Waals surface area contributed by atoms with Crippen LogP contribution in [0, 0.1) is 0 Å². The molecule has 0 aliphatic heterocycles. The van der Waals surface area contributed by atoms with Crippen LogP contribution in [0.25, 0.3) is 10.8 Å². The van der Waals surface area contributed by atoms with E-state index in [1.807, 2.05) is 6.07 Å². The molecule has 0 fully saturated rings. The Morgan fingerprint density at radius 3 is 1.10 bits per heavy atom. The standard InChI is InChI=1S/C44H76O3S/c1-3-5-7-9-11-13-15-17-19-21-23-25-27-29-31-34-40-38-39-43(48(45,46)47)44-41(36-33-37-42(40)44)35-32-30-28-26-24-22-20-18-16-14-12-10-8-6-4-2/h33,36-39H,3-32,34-35H2,1-2H3,(H,45,46,47). The van der Waals surface area contributed by atoms with Crippen molar-refractivity contribution >= 4 is 20.9 Å². The summed E-state index contributed by atoms with van der Waals surface area (Å²) in [6, 6.07) is 9.78. The summed E-state index contributed by atoms with van der Waals surface area (Å²) in [6.07, 6.45) is 42.2. The number of benzene rings is 2. The summed E-state index contributed by atoms with van der Waals surface area (Å²) >= 11 is 0. The molecule has 48 heavy (non-hydrogen) atoms. The van der Waals surface area contributed by atoms with E-state index in [1.165, 1.54) is 185 Å². The summed E-state index contributed by atoms with van der Waals surface area (Å²) in [4.78, 5) is 0.0781. The van der Waals surface area contributed by atoms with E-state index in [0.717, 1.165) is 42.0 Å². The van der Waals surface area contributed by atoms with Gasteiger partial charge < -0.3 is 0 Å². The van der Waals surface area contributed by atoms with Gasteiger partial charge in [0.25, 0.3) is 10.1 Å². The van der Waals surface area contributed by atoms with Gasteiger partial charge in [-0.1, -0.05) is 218 Å². The first-order valence-electron chi connectivity index (χ1n) is 21.0. The summed E-state index contributed by atoms with van der Waals surface area (Å²) in [7, 11) is -4.28. The molecule has 0 amide bonds. The summed E-state index contributed by atoms with van der Waals surface area (Å²) in [6.45, 7) is 4.57. The second-order valence-corrected chi connectivity index (χ2v) is 16.3. The number of aryl methyl sites for hydroxylation is 2. The molecule has 0 aliphatic carbocycles. The minimum atomic E-state index is -4.28. The highest BCUT2D eigenvalue weighted by Gasteiger charge is 2.18. The molecule has 0 spiro atoms. The highest BCUT2D eigenvalue weighted by atomic mass is 32.2. The maximum atomic E-state index is 12.4. The van der Waals surface area contributed by atoms with Gasteiger partial charge in [-0.15, -0.1) is 0 Å². The van der Waals surface area contributed by atoms with Crippen molar-refractivity contribution in [2.45, 2.75) is 224 Å². The van der Waals surface area contributed by atoms with Gasteiger partial charge in [0, 0.05) is 5.39 Å². The summed E-state index contributed by atoms with van der Waals surface area (Å²) < 4.78 is 34.9. The van der Waals surface area contributed by atoms with Crippen molar-refractivity contribution in [2.75, 3.05) is 0 Å². The van der Waals surface area contributed by atoms with Gasteiger partial charge in [-0.3, -0.25) is 4.55 Å². The maximum absolute atomic E-state index is 12.4. The lowest BCUT2D eigenvalue weighted by atomic mass is 9.94. The molecule has 2 aromatic carbocycles. The van der Waals surface area contributed by atoms with Gasteiger partial charge in [0.05, 0.1) is 0 Å². The minimum absolute atomic E-state index is 0.0781. The number of hydrogen-bond acceptors (Lipinski definition) is 2. The molecule has 2 aromatic rings. The van der Waals surface area contributed by atoms with Crippen LogP contribution in [-0.4, -0.2) is 13.0 Å². The number of fused-ring (bicyclic) bond motifs is 1. The van der Waals surface area contributed by atoms with Crippen LogP contribution < -0.4 is 0 Å². The first-order valence-corrected chi connectivity index (χ1v) is 22.4. The van der Waals surface area contributed by atoms with Gasteiger partial charge in [0.1, 0.15) is 4.90 Å². The first kappa shape index (κ1) is 42.8. The Morgan fingerprint density at radius 2 is 0.750 bits per heavy atom. The molecule has 0 atom stereocenters. The van der Waals surface area contributed by atoms with E-state index in [4.69, 9.17) is 0 Å². The van der Waals surface area contributed by atoms with Gasteiger partial charge in [0.15, 0.2) is 0 Å². The Balaban J connectivity index is 1.66. The quantitative estimate of drug-likeness (QED) is 0.0601. The molecule has 0 aliphatic rings. The fourth-order valence-electron chi connectivity index (χ4n) is 7.52. The smallest absolute Gasteiger partial charge is 0.282 e. The molecule has 0 saturated carbocycles. The summed E-state index contributed by atoms with van der Waals surface area (Å²) in [5.41, 5.74) is 2.28. The SMILES string of the molecule is CCCCCCCCCCCCCCCCCc1ccc(S(=O)(=O)O)c2c(CCCCCCCCCCCCCCCCC)cccc12. The van der Waals surface area contributed by atoms with E-state index >= 15 is 0 Å². The molecule has 0 unspecified atom stereocenters. The Labute approximate surface area is 298 Å². The van der Waals surface area contributed by atoms with Crippen LogP contribution >= 0.6 is 0 Å². The molecule has 3 nitrogen and oxygen atoms in total. The number of hydrogen-bond donors (Lipinski definition) is 1. The predicted octanol–water partition coefficient (Wildman–Crippen LogP) is 14.9. The number of unbranched alkanes of at least 4 members (excludes halogenated alkanes) is 28. The Bertz CT molecular complexity index is 1160. The Morgan fingerprint density at radius 1 is 0.417 bits per heavy atom. The molecule has 276 valence electrons. The molecule has 1 N–H and O–H groups in total. The average Bonchev–Trinajstić information content (AvgIpc) is 3.07. The highest BCUT2D eigenvalue weighted by Crippen LogP contribution is 2.31. The lowest BCUT2D eigenvalue weighted by Crippen LogP contribution is -2.03. The topological polar surface area (TPSA) is 54.4 Å². The van der Waals surface area contributed by atoms with Crippen LogP contribution in [0.5, 0.6) is 0 Å². The van der Waals surface area contributed by atoms with Crippen molar-refractivity contribution in [1.29, 1.82) is 0 Å². The first-order chi connectivity index (χ1) is 23.5. The third-order valence-electron chi connectivity index (χ3n) is 10.6. The molecule has 0 saturated heterocycles. The van der Waals surface area contributed by atoms with Crippen molar-refractivity contribution in [3.63, 3.8) is 0 Å². The Hall–Kier alpha value is -1.39. The van der Waals surface area contributed by atoms with Crippen LogP contribution in [-0.2, 0) is 23.0 Å². The molecule has 0 aromatic heterocycles. The van der Waals surface area contributed by atoms with Gasteiger partial charge >= 0.3 is 0 Å². The van der Waals surface area contributed by atoms with E-state index in [-0.39, 0.29) is 4.90 Å². The largest absolute Gasteiger partial charge is 0.295 e. The van der Waals surface area contributed by atoms with Crippen LogP contribution in [0.4, 0.5) is 0 Å². The van der Waals surface area contributed by atoms with Crippen molar-refractivity contribution < 1.29 is 13.0 Å². The minimum Gasteiger partial charge on any atom is -0.282 e. The van der Waals surface area contributed by atoms with Crippen molar-refractivity contribution in [3.8, 4) is 0 Å². The molecule has 0 heterocycles. The van der Waals surface area contributed by atoms with E-state index in [1.54, 1.807) is 6.07 Å². The summed E-state index contributed by atoms with van der Waals surface area (Å²) in [5.74, 6) is 0. The molecule has 4 heteroatoms. The maximum Gasteiger partial charge on any atom is 0.295 e. The predicted molar refractivity (Wildman–Crippen MR) is 211 cm³/mol. The van der Waals surface area contributed by atoms with Gasteiger partial charge in [-0.2, -0.15) is 8.42 Å². The zero-order valence-corrected chi connectivity index (χ0v) is 32.5. The normalized spacial score (nSPS) is 12.0. The summed E-state index contributed by atoms with van der Waals surface area (Å²) in [5, 5.41) is 1.76. The average molecular weight is 685 g/mol. The zero-order valence-electron chi connectivity index (χ0n) is 31.7. The van der Waals surface area contributed by atoms with E-state index in [9.17, 15) is 13.0 Å². The second-order valence-electron chi connectivity index (χ2n) is 14.9. The van der Waals surface area contributed by atoms with Crippen LogP contribution in [0.15, 0.2) is 35.2 Å². The van der Waals surface area contributed by atoms with Crippen molar-refractivity contribution in [1.82, 2.24) is 0 Å². The molecule has 2 rings (SSSR count). The Kier molecular flexibility index (Phi) is 25.2.